The van der Waals surface area contributed by atoms with Crippen LogP contribution < -0.4 is 20.3 Å². The van der Waals surface area contributed by atoms with Crippen molar-refractivity contribution < 1.29 is 4.74 Å². The van der Waals surface area contributed by atoms with Crippen LogP contribution in [-0.2, 0) is 0 Å². The lowest BCUT2D eigenvalue weighted by Crippen LogP contribution is -2.31. The van der Waals surface area contributed by atoms with Crippen LogP contribution in [0.1, 0.15) is 6.42 Å². The number of methoxy groups -OCH3 is 1. The van der Waals surface area contributed by atoms with Gasteiger partial charge in [0.1, 0.15) is 5.75 Å². The van der Waals surface area contributed by atoms with E-state index in [0.717, 1.165) is 25.2 Å². The third-order valence-corrected chi connectivity index (χ3v) is 4.04. The maximum absolute atomic E-state index is 6.01. The van der Waals surface area contributed by atoms with E-state index < -0.39 is 0 Å². The number of rotatable bonds is 7. The minimum Gasteiger partial charge on any atom is -0.495 e. The number of nitrogens with one attached hydrogen (secondary N) is 2. The zero-order chi connectivity index (χ0) is 17.4. The zero-order valence-electron chi connectivity index (χ0n) is 13.9. The molecule has 0 radical (unpaired) electrons. The van der Waals surface area contributed by atoms with Crippen LogP contribution >= 0.6 is 23.8 Å². The number of anilines is 2. The standard InChI is InChI=1S/C18H22ClN3OS/c1-22(15-7-4-3-5-8-15)12-6-11-20-18(24)21-16-13-14(19)9-10-17(16)23-2/h3-5,7-10,13H,6,11-12H2,1-2H3,(H2,20,21,24). The highest BCUT2D eigenvalue weighted by Crippen LogP contribution is 2.27. The summed E-state index contributed by atoms with van der Waals surface area (Å²) in [6, 6.07) is 15.7. The fourth-order valence-electron chi connectivity index (χ4n) is 2.27. The van der Waals surface area contributed by atoms with Gasteiger partial charge in [0.15, 0.2) is 5.11 Å². The number of halogens is 1. The van der Waals surface area contributed by atoms with Gasteiger partial charge >= 0.3 is 0 Å². The second-order valence-electron chi connectivity index (χ2n) is 5.34. The number of ether oxygens (including phenoxy) is 1. The molecule has 0 fully saturated rings. The molecule has 0 aromatic heterocycles. The monoisotopic (exact) mass is 363 g/mol. The first-order valence-electron chi connectivity index (χ1n) is 7.74. The smallest absolute Gasteiger partial charge is 0.170 e. The molecule has 6 heteroatoms. The van der Waals surface area contributed by atoms with E-state index in [2.05, 4.69) is 34.7 Å². The molecule has 0 spiro atoms. The van der Waals surface area contributed by atoms with E-state index in [1.165, 1.54) is 5.69 Å². The van der Waals surface area contributed by atoms with Crippen molar-refractivity contribution in [1.82, 2.24) is 5.32 Å². The number of benzene rings is 2. The molecule has 128 valence electrons. The van der Waals surface area contributed by atoms with E-state index in [-0.39, 0.29) is 0 Å². The quantitative estimate of drug-likeness (QED) is 0.570. The Labute approximate surface area is 153 Å². The average Bonchev–Trinajstić information content (AvgIpc) is 2.59. The first kappa shape index (κ1) is 18.4. The molecule has 0 unspecified atom stereocenters. The van der Waals surface area contributed by atoms with Crippen molar-refractivity contribution in [2.75, 3.05) is 37.5 Å². The lowest BCUT2D eigenvalue weighted by Gasteiger charge is -2.19. The van der Waals surface area contributed by atoms with Crippen LogP contribution in [0, 0.1) is 0 Å². The van der Waals surface area contributed by atoms with Crippen molar-refractivity contribution in [3.8, 4) is 5.75 Å². The molecule has 0 heterocycles. The van der Waals surface area contributed by atoms with Crippen LogP contribution in [0.15, 0.2) is 48.5 Å². The Balaban J connectivity index is 1.75. The molecule has 0 amide bonds. The van der Waals surface area contributed by atoms with Gasteiger partial charge in [0.2, 0.25) is 0 Å². The molecule has 0 aliphatic heterocycles. The second kappa shape index (κ2) is 9.35. The van der Waals surface area contributed by atoms with Gasteiger partial charge in [-0.1, -0.05) is 29.8 Å². The summed E-state index contributed by atoms with van der Waals surface area (Å²) in [5.74, 6) is 0.701. The van der Waals surface area contributed by atoms with E-state index in [9.17, 15) is 0 Å². The molecular weight excluding hydrogens is 342 g/mol. The highest BCUT2D eigenvalue weighted by Gasteiger charge is 2.06. The Bertz CT molecular complexity index is 667. The fourth-order valence-corrected chi connectivity index (χ4v) is 2.66. The molecule has 0 atom stereocenters. The summed E-state index contributed by atoms with van der Waals surface area (Å²) < 4.78 is 5.29. The summed E-state index contributed by atoms with van der Waals surface area (Å²) in [6.07, 6.45) is 0.972. The molecule has 2 aromatic rings. The number of nitrogens with zero attached hydrogens (tertiary/aromatic N) is 1. The molecule has 0 saturated heterocycles. The Kier molecular flexibility index (Phi) is 7.15. The van der Waals surface area contributed by atoms with Crippen LogP contribution in [-0.4, -0.2) is 32.4 Å². The third-order valence-electron chi connectivity index (χ3n) is 3.56. The van der Waals surface area contributed by atoms with E-state index in [1.807, 2.05) is 24.3 Å². The second-order valence-corrected chi connectivity index (χ2v) is 6.18. The largest absolute Gasteiger partial charge is 0.495 e. The number of thiocarbonyl (C=S) groups is 1. The van der Waals surface area contributed by atoms with Crippen molar-refractivity contribution in [1.29, 1.82) is 0 Å². The molecule has 0 saturated carbocycles. The SMILES string of the molecule is COc1ccc(Cl)cc1NC(=S)NCCCN(C)c1ccccc1. The number of hydrogen-bond acceptors (Lipinski definition) is 3. The lowest BCUT2D eigenvalue weighted by atomic mass is 10.3. The van der Waals surface area contributed by atoms with Gasteiger partial charge in [0.05, 0.1) is 12.8 Å². The Hall–Kier alpha value is -1.98. The average molecular weight is 364 g/mol. The Morgan fingerprint density at radius 2 is 1.96 bits per heavy atom. The zero-order valence-corrected chi connectivity index (χ0v) is 15.5. The fraction of sp³-hybridized carbons (Fsp3) is 0.278. The summed E-state index contributed by atoms with van der Waals surface area (Å²) in [6.45, 7) is 1.73. The third kappa shape index (κ3) is 5.58. The van der Waals surface area contributed by atoms with Crippen LogP contribution in [0.4, 0.5) is 11.4 Å². The molecule has 0 aliphatic carbocycles. The molecule has 2 aromatic carbocycles. The summed E-state index contributed by atoms with van der Waals surface area (Å²) >= 11 is 11.3. The van der Waals surface area contributed by atoms with E-state index in [4.69, 9.17) is 28.6 Å². The summed E-state index contributed by atoms with van der Waals surface area (Å²) in [7, 11) is 3.70. The minimum absolute atomic E-state index is 0.554. The molecular formula is C18H22ClN3OS. The van der Waals surface area contributed by atoms with Crippen LogP contribution in [0.5, 0.6) is 5.75 Å². The number of para-hydroxylation sites is 1. The molecule has 0 bridgehead atoms. The van der Waals surface area contributed by atoms with Crippen molar-refractivity contribution >= 4 is 40.3 Å². The maximum atomic E-state index is 6.01. The van der Waals surface area contributed by atoms with Gasteiger partial charge in [-0.2, -0.15) is 0 Å². The van der Waals surface area contributed by atoms with Gasteiger partial charge in [-0.05, 0) is 49.0 Å². The molecule has 4 nitrogen and oxygen atoms in total. The molecule has 2 rings (SSSR count). The van der Waals surface area contributed by atoms with Crippen molar-refractivity contribution in [2.24, 2.45) is 0 Å². The predicted molar refractivity (Wildman–Crippen MR) is 107 cm³/mol. The normalized spacial score (nSPS) is 10.1. The van der Waals surface area contributed by atoms with Gasteiger partial charge in [0, 0.05) is 30.8 Å². The van der Waals surface area contributed by atoms with Crippen molar-refractivity contribution in [3.05, 3.63) is 53.6 Å². The topological polar surface area (TPSA) is 36.5 Å². The van der Waals surface area contributed by atoms with E-state index in [1.54, 1.807) is 19.2 Å². The minimum atomic E-state index is 0.554. The van der Waals surface area contributed by atoms with Crippen LogP contribution in [0.25, 0.3) is 0 Å². The molecule has 0 aliphatic rings. The predicted octanol–water partition coefficient (Wildman–Crippen LogP) is 4.16. The van der Waals surface area contributed by atoms with Gasteiger partial charge < -0.3 is 20.3 Å². The Morgan fingerprint density at radius 1 is 1.21 bits per heavy atom. The van der Waals surface area contributed by atoms with Crippen LogP contribution in [0.2, 0.25) is 5.02 Å². The summed E-state index contributed by atoms with van der Waals surface area (Å²) in [5.41, 5.74) is 1.96. The highest BCUT2D eigenvalue weighted by molar-refractivity contribution is 7.80. The van der Waals surface area contributed by atoms with Gasteiger partial charge in [-0.3, -0.25) is 0 Å². The van der Waals surface area contributed by atoms with Crippen molar-refractivity contribution in [3.63, 3.8) is 0 Å². The summed E-state index contributed by atoms with van der Waals surface area (Å²) in [4.78, 5) is 2.22. The molecule has 2 N–H and O–H groups in total. The van der Waals surface area contributed by atoms with E-state index in [0.29, 0.717) is 15.9 Å². The van der Waals surface area contributed by atoms with Crippen molar-refractivity contribution in [2.45, 2.75) is 6.42 Å². The number of hydrogen-bond donors (Lipinski definition) is 2. The van der Waals surface area contributed by atoms with Gasteiger partial charge in [-0.25, -0.2) is 0 Å². The lowest BCUT2D eigenvalue weighted by molar-refractivity contribution is 0.417. The maximum Gasteiger partial charge on any atom is 0.170 e. The Morgan fingerprint density at radius 3 is 2.67 bits per heavy atom. The molecule has 24 heavy (non-hydrogen) atoms. The van der Waals surface area contributed by atoms with Crippen LogP contribution in [0.3, 0.4) is 0 Å². The van der Waals surface area contributed by atoms with E-state index >= 15 is 0 Å². The highest BCUT2D eigenvalue weighted by atomic mass is 35.5. The summed E-state index contributed by atoms with van der Waals surface area (Å²) in [5, 5.41) is 7.51. The van der Waals surface area contributed by atoms with Gasteiger partial charge in [0.25, 0.3) is 0 Å². The van der Waals surface area contributed by atoms with Gasteiger partial charge in [-0.15, -0.1) is 0 Å². The first-order valence-corrected chi connectivity index (χ1v) is 8.53. The first-order chi connectivity index (χ1) is 11.6.